The summed E-state index contributed by atoms with van der Waals surface area (Å²) in [4.78, 5) is 26.4. The van der Waals surface area contributed by atoms with Gasteiger partial charge in [0.25, 0.3) is 0 Å². The highest BCUT2D eigenvalue weighted by Gasteiger charge is 2.29. The van der Waals surface area contributed by atoms with Crippen LogP contribution in [0.3, 0.4) is 0 Å². The summed E-state index contributed by atoms with van der Waals surface area (Å²) in [6.45, 7) is 9.10. The predicted octanol–water partition coefficient (Wildman–Crippen LogP) is 2.30. The van der Waals surface area contributed by atoms with Crippen molar-refractivity contribution in [3.63, 3.8) is 0 Å². The van der Waals surface area contributed by atoms with Crippen LogP contribution in [0.5, 0.6) is 0 Å². The Morgan fingerprint density at radius 2 is 2.05 bits per heavy atom. The SMILES string of the molecule is CC(C)C(=O)N1CCC[C@@H](C(=O)Nc2ccnn2C(C)C)C1. The topological polar surface area (TPSA) is 67.2 Å². The first kappa shape index (κ1) is 16.5. The van der Waals surface area contributed by atoms with Crippen molar-refractivity contribution in [2.75, 3.05) is 18.4 Å². The molecule has 6 heteroatoms. The molecule has 0 aliphatic carbocycles. The number of carbonyl (C=O) groups is 2. The maximum Gasteiger partial charge on any atom is 0.230 e. The molecule has 1 fully saturated rings. The summed E-state index contributed by atoms with van der Waals surface area (Å²) in [5.74, 6) is 0.650. The highest BCUT2D eigenvalue weighted by Crippen LogP contribution is 2.21. The Bertz CT molecular complexity index is 536. The van der Waals surface area contributed by atoms with Crippen LogP contribution in [0.25, 0.3) is 0 Å². The lowest BCUT2D eigenvalue weighted by atomic mass is 9.96. The maximum atomic E-state index is 12.5. The average Bonchev–Trinajstić information content (AvgIpc) is 2.94. The molecule has 1 N–H and O–H groups in total. The van der Waals surface area contributed by atoms with Crippen LogP contribution >= 0.6 is 0 Å². The monoisotopic (exact) mass is 306 g/mol. The fraction of sp³-hybridized carbons (Fsp3) is 0.688. The van der Waals surface area contributed by atoms with Gasteiger partial charge in [-0.25, -0.2) is 4.68 Å². The van der Waals surface area contributed by atoms with Gasteiger partial charge < -0.3 is 10.2 Å². The zero-order valence-corrected chi connectivity index (χ0v) is 13.9. The van der Waals surface area contributed by atoms with E-state index in [9.17, 15) is 9.59 Å². The van der Waals surface area contributed by atoms with E-state index >= 15 is 0 Å². The van der Waals surface area contributed by atoms with Crippen molar-refractivity contribution in [1.82, 2.24) is 14.7 Å². The molecule has 1 atom stereocenters. The number of aromatic nitrogens is 2. The van der Waals surface area contributed by atoms with Gasteiger partial charge in [0.1, 0.15) is 5.82 Å². The van der Waals surface area contributed by atoms with E-state index in [0.717, 1.165) is 19.4 Å². The predicted molar refractivity (Wildman–Crippen MR) is 85.4 cm³/mol. The first-order valence-electron chi connectivity index (χ1n) is 8.03. The van der Waals surface area contributed by atoms with E-state index in [0.29, 0.717) is 12.4 Å². The third-order valence-corrected chi connectivity index (χ3v) is 4.01. The number of anilines is 1. The number of piperidine rings is 1. The lowest BCUT2D eigenvalue weighted by molar-refractivity contribution is -0.137. The molecule has 6 nitrogen and oxygen atoms in total. The molecule has 1 aliphatic rings. The van der Waals surface area contributed by atoms with Crippen LogP contribution in [0.15, 0.2) is 12.3 Å². The molecular weight excluding hydrogens is 280 g/mol. The molecule has 2 rings (SSSR count). The largest absolute Gasteiger partial charge is 0.342 e. The van der Waals surface area contributed by atoms with Crippen molar-refractivity contribution in [1.29, 1.82) is 0 Å². The smallest absolute Gasteiger partial charge is 0.230 e. The highest BCUT2D eigenvalue weighted by atomic mass is 16.2. The lowest BCUT2D eigenvalue weighted by Gasteiger charge is -2.33. The Labute approximate surface area is 131 Å². The number of rotatable bonds is 4. The minimum Gasteiger partial charge on any atom is -0.342 e. The summed E-state index contributed by atoms with van der Waals surface area (Å²) >= 11 is 0. The van der Waals surface area contributed by atoms with Crippen LogP contribution in [0.4, 0.5) is 5.82 Å². The number of carbonyl (C=O) groups excluding carboxylic acids is 2. The average molecular weight is 306 g/mol. The van der Waals surface area contributed by atoms with E-state index in [2.05, 4.69) is 10.4 Å². The maximum absolute atomic E-state index is 12.5. The summed E-state index contributed by atoms with van der Waals surface area (Å²) in [5.41, 5.74) is 0. The zero-order chi connectivity index (χ0) is 16.3. The molecule has 1 aromatic rings. The van der Waals surface area contributed by atoms with Crippen molar-refractivity contribution < 1.29 is 9.59 Å². The van der Waals surface area contributed by atoms with Crippen LogP contribution in [0.2, 0.25) is 0 Å². The Morgan fingerprint density at radius 1 is 1.32 bits per heavy atom. The number of hydrogen-bond acceptors (Lipinski definition) is 3. The highest BCUT2D eigenvalue weighted by molar-refractivity contribution is 5.92. The molecule has 1 saturated heterocycles. The van der Waals surface area contributed by atoms with Crippen molar-refractivity contribution in [2.24, 2.45) is 11.8 Å². The second kappa shape index (κ2) is 6.94. The second-order valence-corrected chi connectivity index (χ2v) is 6.52. The number of amides is 2. The fourth-order valence-electron chi connectivity index (χ4n) is 2.81. The molecule has 0 saturated carbocycles. The van der Waals surface area contributed by atoms with Gasteiger partial charge in [0.05, 0.1) is 12.1 Å². The summed E-state index contributed by atoms with van der Waals surface area (Å²) < 4.78 is 1.79. The van der Waals surface area contributed by atoms with E-state index in [-0.39, 0.29) is 29.7 Å². The van der Waals surface area contributed by atoms with E-state index in [4.69, 9.17) is 0 Å². The van der Waals surface area contributed by atoms with Gasteiger partial charge in [-0.1, -0.05) is 13.8 Å². The second-order valence-electron chi connectivity index (χ2n) is 6.52. The Morgan fingerprint density at radius 3 is 2.68 bits per heavy atom. The molecule has 2 heterocycles. The van der Waals surface area contributed by atoms with Gasteiger partial charge in [-0.15, -0.1) is 0 Å². The van der Waals surface area contributed by atoms with Gasteiger partial charge in [0.15, 0.2) is 0 Å². The standard InChI is InChI=1S/C16H26N4O2/c1-11(2)16(22)19-9-5-6-13(10-19)15(21)18-14-7-8-17-20(14)12(3)4/h7-8,11-13H,5-6,9-10H2,1-4H3,(H,18,21)/t13-/m1/s1. The van der Waals surface area contributed by atoms with Crippen LogP contribution in [-0.4, -0.2) is 39.6 Å². The molecule has 0 spiro atoms. The minimum absolute atomic E-state index is 0.0239. The third kappa shape index (κ3) is 3.67. The number of nitrogens with one attached hydrogen (secondary N) is 1. The number of nitrogens with zero attached hydrogens (tertiary/aromatic N) is 3. The van der Waals surface area contributed by atoms with Crippen LogP contribution in [-0.2, 0) is 9.59 Å². The van der Waals surface area contributed by atoms with Crippen molar-refractivity contribution in [3.05, 3.63) is 12.3 Å². The third-order valence-electron chi connectivity index (χ3n) is 4.01. The van der Waals surface area contributed by atoms with Crippen molar-refractivity contribution >= 4 is 17.6 Å². The van der Waals surface area contributed by atoms with Gasteiger partial charge in [-0.05, 0) is 26.7 Å². The molecule has 0 bridgehead atoms. The molecule has 0 radical (unpaired) electrons. The van der Waals surface area contributed by atoms with Gasteiger partial charge in [-0.3, -0.25) is 9.59 Å². The van der Waals surface area contributed by atoms with E-state index < -0.39 is 0 Å². The van der Waals surface area contributed by atoms with Crippen molar-refractivity contribution in [2.45, 2.75) is 46.6 Å². The van der Waals surface area contributed by atoms with Gasteiger partial charge in [-0.2, -0.15) is 5.10 Å². The molecular formula is C16H26N4O2. The van der Waals surface area contributed by atoms with Crippen LogP contribution in [0.1, 0.15) is 46.6 Å². The van der Waals surface area contributed by atoms with Crippen LogP contribution in [0, 0.1) is 11.8 Å². The summed E-state index contributed by atoms with van der Waals surface area (Å²) in [7, 11) is 0. The number of hydrogen-bond donors (Lipinski definition) is 1. The molecule has 122 valence electrons. The normalized spacial score (nSPS) is 18.8. The summed E-state index contributed by atoms with van der Waals surface area (Å²) in [5, 5.41) is 7.17. The minimum atomic E-state index is -0.146. The number of likely N-dealkylation sites (tertiary alicyclic amines) is 1. The quantitative estimate of drug-likeness (QED) is 0.928. The molecule has 1 aliphatic heterocycles. The van der Waals surface area contributed by atoms with Gasteiger partial charge in [0.2, 0.25) is 11.8 Å². The van der Waals surface area contributed by atoms with Gasteiger partial charge >= 0.3 is 0 Å². The fourth-order valence-corrected chi connectivity index (χ4v) is 2.81. The molecule has 0 unspecified atom stereocenters. The van der Waals surface area contributed by atoms with E-state index in [1.54, 1.807) is 16.9 Å². The Kier molecular flexibility index (Phi) is 5.21. The summed E-state index contributed by atoms with van der Waals surface area (Å²) in [6.07, 6.45) is 3.38. The Balaban J connectivity index is 2.00. The first-order valence-corrected chi connectivity index (χ1v) is 8.03. The van der Waals surface area contributed by atoms with E-state index in [1.807, 2.05) is 32.6 Å². The molecule has 2 amide bonds. The lowest BCUT2D eigenvalue weighted by Crippen LogP contribution is -2.45. The van der Waals surface area contributed by atoms with Crippen molar-refractivity contribution in [3.8, 4) is 0 Å². The first-order chi connectivity index (χ1) is 10.4. The zero-order valence-electron chi connectivity index (χ0n) is 13.9. The molecule has 0 aromatic carbocycles. The van der Waals surface area contributed by atoms with Crippen LogP contribution < -0.4 is 5.32 Å². The molecule has 22 heavy (non-hydrogen) atoms. The van der Waals surface area contributed by atoms with Gasteiger partial charge in [0, 0.05) is 31.1 Å². The Hall–Kier alpha value is -1.85. The summed E-state index contributed by atoms with van der Waals surface area (Å²) in [6, 6.07) is 1.99. The molecule has 1 aromatic heterocycles. The van der Waals surface area contributed by atoms with E-state index in [1.165, 1.54) is 0 Å².